The van der Waals surface area contributed by atoms with E-state index in [0.717, 1.165) is 0 Å². The third kappa shape index (κ3) is 3.51. The zero-order valence-electron chi connectivity index (χ0n) is 15.7. The van der Waals surface area contributed by atoms with Gasteiger partial charge in [0.1, 0.15) is 16.2 Å². The minimum absolute atomic E-state index is 0.0263. The van der Waals surface area contributed by atoms with Gasteiger partial charge in [-0.3, -0.25) is 4.79 Å². The van der Waals surface area contributed by atoms with Gasteiger partial charge in [0.15, 0.2) is 5.84 Å². The minimum Gasteiger partial charge on any atom is -0.509 e. The Morgan fingerprint density at radius 2 is 2.07 bits per heavy atom. The second kappa shape index (κ2) is 7.23. The van der Waals surface area contributed by atoms with Gasteiger partial charge in [-0.25, -0.2) is 0 Å². The highest BCUT2D eigenvalue weighted by Crippen LogP contribution is 2.34. The van der Waals surface area contributed by atoms with Crippen LogP contribution in [0.5, 0.6) is 0 Å². The van der Waals surface area contributed by atoms with Crippen molar-refractivity contribution in [2.24, 2.45) is 10.3 Å². The molecule has 2 aliphatic rings. The van der Waals surface area contributed by atoms with Crippen LogP contribution in [0.3, 0.4) is 0 Å². The molecule has 0 spiro atoms. The summed E-state index contributed by atoms with van der Waals surface area (Å²) in [5.74, 6) is -0.662. The maximum atomic E-state index is 13.2. The molecule has 0 saturated carbocycles. The molecule has 29 heavy (non-hydrogen) atoms. The van der Waals surface area contributed by atoms with E-state index < -0.39 is 22.0 Å². The lowest BCUT2D eigenvalue weighted by Crippen LogP contribution is -2.37. The van der Waals surface area contributed by atoms with Gasteiger partial charge in [-0.1, -0.05) is 30.5 Å². The van der Waals surface area contributed by atoms with Crippen LogP contribution < -0.4 is 5.32 Å². The first-order valence-electron chi connectivity index (χ1n) is 8.99. The van der Waals surface area contributed by atoms with Crippen molar-refractivity contribution in [1.82, 2.24) is 14.5 Å². The summed E-state index contributed by atoms with van der Waals surface area (Å²) < 4.78 is 32.7. The number of aromatic nitrogens is 2. The van der Waals surface area contributed by atoms with Gasteiger partial charge >= 0.3 is 0 Å². The fourth-order valence-corrected chi connectivity index (χ4v) is 5.01. The number of amides is 1. The Morgan fingerprint density at radius 3 is 2.76 bits per heavy atom. The number of fused-ring (bicyclic) bond motifs is 1. The first kappa shape index (κ1) is 19.5. The second-order valence-corrected chi connectivity index (χ2v) is 9.45. The van der Waals surface area contributed by atoms with E-state index in [9.17, 15) is 18.3 Å². The van der Waals surface area contributed by atoms with Crippen molar-refractivity contribution in [2.45, 2.75) is 37.8 Å². The Hall–Kier alpha value is -2.79. The van der Waals surface area contributed by atoms with E-state index in [1.807, 2.05) is 13.8 Å². The first-order valence-corrected chi connectivity index (χ1v) is 11.3. The largest absolute Gasteiger partial charge is 0.509 e. The van der Waals surface area contributed by atoms with Crippen LogP contribution in [-0.2, 0) is 21.4 Å². The number of sulfonamides is 1. The third-order valence-electron chi connectivity index (χ3n) is 4.72. The molecule has 9 nitrogen and oxygen atoms in total. The predicted octanol–water partition coefficient (Wildman–Crippen LogP) is 2.32. The Kier molecular flexibility index (Phi) is 4.87. The number of aliphatic hydroxyl groups is 1. The number of aliphatic hydroxyl groups excluding tert-OH is 1. The van der Waals surface area contributed by atoms with Crippen LogP contribution >= 0.6 is 11.5 Å². The molecular formula is C18H19N5O4S2. The van der Waals surface area contributed by atoms with Gasteiger partial charge in [-0.15, -0.1) is 9.50 Å². The lowest BCUT2D eigenvalue weighted by molar-refractivity contribution is -0.127. The Morgan fingerprint density at radius 1 is 1.31 bits per heavy atom. The number of para-hydroxylation sites is 1. The SMILES string of the molecule is CC(C)C[C@H]1C(O)=C(C2=NS(=O)(=O)c3ccccc3N2)C(=O)N1Cc1csnn1. The van der Waals surface area contributed by atoms with Crippen LogP contribution in [0.4, 0.5) is 5.69 Å². The fraction of sp³-hybridized carbons (Fsp3) is 0.333. The van der Waals surface area contributed by atoms with E-state index in [-0.39, 0.29) is 34.5 Å². The molecule has 1 amide bonds. The lowest BCUT2D eigenvalue weighted by atomic mass is 10.0. The van der Waals surface area contributed by atoms with Crippen molar-refractivity contribution in [3.8, 4) is 0 Å². The van der Waals surface area contributed by atoms with Gasteiger partial charge in [0.05, 0.1) is 24.0 Å². The highest BCUT2D eigenvalue weighted by Gasteiger charge is 2.43. The number of carbonyl (C=O) groups excluding carboxylic acids is 1. The number of amidine groups is 1. The zero-order valence-corrected chi connectivity index (χ0v) is 17.4. The molecular weight excluding hydrogens is 414 g/mol. The minimum atomic E-state index is -3.99. The number of carbonyl (C=O) groups is 1. The van der Waals surface area contributed by atoms with Crippen molar-refractivity contribution < 1.29 is 18.3 Å². The van der Waals surface area contributed by atoms with E-state index >= 15 is 0 Å². The molecule has 1 atom stereocenters. The summed E-state index contributed by atoms with van der Waals surface area (Å²) in [6, 6.07) is 5.70. The molecule has 0 bridgehead atoms. The molecule has 11 heteroatoms. The number of nitrogens with one attached hydrogen (secondary N) is 1. The molecule has 1 aromatic heterocycles. The summed E-state index contributed by atoms with van der Waals surface area (Å²) in [6.45, 7) is 4.13. The molecule has 0 fully saturated rings. The van der Waals surface area contributed by atoms with E-state index in [2.05, 4.69) is 19.3 Å². The summed E-state index contributed by atoms with van der Waals surface area (Å²) in [5.41, 5.74) is 0.785. The summed E-state index contributed by atoms with van der Waals surface area (Å²) in [7, 11) is -3.99. The molecule has 4 rings (SSSR count). The maximum absolute atomic E-state index is 13.2. The number of hydrogen-bond donors (Lipinski definition) is 2. The van der Waals surface area contributed by atoms with Crippen molar-refractivity contribution in [1.29, 1.82) is 0 Å². The predicted molar refractivity (Wildman–Crippen MR) is 108 cm³/mol. The lowest BCUT2D eigenvalue weighted by Gasteiger charge is -2.25. The molecule has 1 aromatic carbocycles. The quantitative estimate of drug-likeness (QED) is 0.741. The number of rotatable bonds is 5. The normalized spacial score (nSPS) is 20.7. The van der Waals surface area contributed by atoms with E-state index in [1.54, 1.807) is 23.6 Å². The number of nitrogens with zero attached hydrogens (tertiary/aromatic N) is 4. The third-order valence-corrected chi connectivity index (χ3v) is 6.61. The Labute approximate surface area is 172 Å². The van der Waals surface area contributed by atoms with E-state index in [1.165, 1.54) is 22.5 Å². The van der Waals surface area contributed by atoms with Gasteiger partial charge < -0.3 is 15.3 Å². The van der Waals surface area contributed by atoms with E-state index in [4.69, 9.17) is 0 Å². The van der Waals surface area contributed by atoms with Gasteiger partial charge in [0, 0.05) is 5.38 Å². The molecule has 2 N–H and O–H groups in total. The number of benzene rings is 1. The second-order valence-electron chi connectivity index (χ2n) is 7.27. The molecule has 0 aliphatic carbocycles. The van der Waals surface area contributed by atoms with Crippen LogP contribution in [-0.4, -0.2) is 45.8 Å². The molecule has 3 heterocycles. The summed E-state index contributed by atoms with van der Waals surface area (Å²) >= 11 is 1.17. The monoisotopic (exact) mass is 433 g/mol. The average Bonchev–Trinajstić information content (AvgIpc) is 3.24. The van der Waals surface area contributed by atoms with Gasteiger partial charge in [-0.2, -0.15) is 8.42 Å². The van der Waals surface area contributed by atoms with Gasteiger partial charge in [0.2, 0.25) is 0 Å². The summed E-state index contributed by atoms with van der Waals surface area (Å²) in [4.78, 5) is 14.7. The maximum Gasteiger partial charge on any atom is 0.286 e. The highest BCUT2D eigenvalue weighted by molar-refractivity contribution is 7.90. The topological polar surface area (TPSA) is 125 Å². The number of hydrogen-bond acceptors (Lipinski definition) is 8. The van der Waals surface area contributed by atoms with Crippen LogP contribution in [0.2, 0.25) is 0 Å². The van der Waals surface area contributed by atoms with Crippen molar-refractivity contribution in [2.75, 3.05) is 5.32 Å². The Bertz CT molecular complexity index is 1120. The molecule has 0 radical (unpaired) electrons. The van der Waals surface area contributed by atoms with Crippen LogP contribution in [0.25, 0.3) is 0 Å². The van der Waals surface area contributed by atoms with Gasteiger partial charge in [-0.05, 0) is 36.0 Å². The van der Waals surface area contributed by atoms with Gasteiger partial charge in [0.25, 0.3) is 15.9 Å². The average molecular weight is 434 g/mol. The van der Waals surface area contributed by atoms with E-state index in [0.29, 0.717) is 17.8 Å². The van der Waals surface area contributed by atoms with Crippen LogP contribution in [0.1, 0.15) is 26.0 Å². The Balaban J connectivity index is 1.75. The molecule has 152 valence electrons. The molecule has 2 aromatic rings. The smallest absolute Gasteiger partial charge is 0.286 e. The van der Waals surface area contributed by atoms with Crippen molar-refractivity contribution >= 4 is 39.0 Å². The summed E-state index contributed by atoms with van der Waals surface area (Å²) in [5, 5.41) is 19.5. The molecule has 0 saturated heterocycles. The molecule has 2 aliphatic heterocycles. The van der Waals surface area contributed by atoms with Crippen molar-refractivity contribution in [3.63, 3.8) is 0 Å². The first-order chi connectivity index (χ1) is 13.8. The number of anilines is 1. The van der Waals surface area contributed by atoms with Crippen LogP contribution in [0, 0.1) is 5.92 Å². The van der Waals surface area contributed by atoms with Crippen molar-refractivity contribution in [3.05, 3.63) is 46.7 Å². The standard InChI is InChI=1S/C18H19N5O4S2/c1-10(2)7-13-16(24)15(18(25)23(13)8-11-9-28-22-20-11)17-19-12-5-3-4-6-14(12)29(26,27)21-17/h3-6,9-10,13,24H,7-8H2,1-2H3,(H,19,21)/t13-/m0/s1. The highest BCUT2D eigenvalue weighted by atomic mass is 32.2. The summed E-state index contributed by atoms with van der Waals surface area (Å²) in [6.07, 6.45) is 0.509. The van der Waals surface area contributed by atoms with Crippen LogP contribution in [0.15, 0.2) is 50.3 Å². The zero-order chi connectivity index (χ0) is 20.8. The fourth-order valence-electron chi connectivity index (χ4n) is 3.45. The molecule has 0 unspecified atom stereocenters.